The summed E-state index contributed by atoms with van der Waals surface area (Å²) in [5.41, 5.74) is 9.81. The highest BCUT2D eigenvalue weighted by Crippen LogP contribution is 2.38. The summed E-state index contributed by atoms with van der Waals surface area (Å²) in [6, 6.07) is 60.5. The van der Waals surface area contributed by atoms with Crippen LogP contribution in [0.4, 0.5) is 0 Å². The monoisotopic (exact) mass is 664 g/mol. The lowest BCUT2D eigenvalue weighted by Gasteiger charge is -2.11. The molecule has 0 amide bonds. The Morgan fingerprint density at radius 3 is 1.63 bits per heavy atom. The van der Waals surface area contributed by atoms with Crippen LogP contribution < -0.4 is 0 Å². The van der Waals surface area contributed by atoms with Gasteiger partial charge in [0.25, 0.3) is 0 Å². The van der Waals surface area contributed by atoms with Crippen LogP contribution in [-0.4, -0.2) is 24.1 Å². The van der Waals surface area contributed by atoms with E-state index in [1.54, 1.807) is 0 Å². The SMILES string of the molecule is N#Cc1ccc2c3cc(-c4ccc5c6ccccc6n(-c6ccccc6)c5c4)ccc3n(-c3nc(-c4ccccc4)nc(-c4ccccc4)n3)c2c1. The van der Waals surface area contributed by atoms with Crippen molar-refractivity contribution in [1.82, 2.24) is 24.1 Å². The van der Waals surface area contributed by atoms with Gasteiger partial charge in [0.15, 0.2) is 11.6 Å². The van der Waals surface area contributed by atoms with E-state index < -0.39 is 0 Å². The number of fused-ring (bicyclic) bond motifs is 6. The highest BCUT2D eigenvalue weighted by atomic mass is 15.2. The molecule has 0 saturated heterocycles. The normalized spacial score (nSPS) is 11.4. The second kappa shape index (κ2) is 11.9. The topological polar surface area (TPSA) is 72.3 Å². The number of para-hydroxylation sites is 2. The third kappa shape index (κ3) is 4.76. The molecule has 6 nitrogen and oxygen atoms in total. The van der Waals surface area contributed by atoms with Crippen LogP contribution in [0.15, 0.2) is 170 Å². The smallest absolute Gasteiger partial charge is 0.238 e. The van der Waals surface area contributed by atoms with Crippen molar-refractivity contribution >= 4 is 43.6 Å². The van der Waals surface area contributed by atoms with Crippen molar-refractivity contribution in [2.24, 2.45) is 0 Å². The molecule has 0 spiro atoms. The molecule has 0 fully saturated rings. The first-order chi connectivity index (χ1) is 25.7. The zero-order chi connectivity index (χ0) is 34.6. The van der Waals surface area contributed by atoms with E-state index in [2.05, 4.69) is 106 Å². The van der Waals surface area contributed by atoms with Crippen LogP contribution in [0.5, 0.6) is 0 Å². The van der Waals surface area contributed by atoms with Crippen molar-refractivity contribution in [3.63, 3.8) is 0 Å². The van der Waals surface area contributed by atoms with Crippen molar-refractivity contribution in [2.45, 2.75) is 0 Å². The Morgan fingerprint density at radius 1 is 0.385 bits per heavy atom. The summed E-state index contributed by atoms with van der Waals surface area (Å²) < 4.78 is 4.41. The van der Waals surface area contributed by atoms with Crippen molar-refractivity contribution in [3.05, 3.63) is 175 Å². The molecule has 10 rings (SSSR count). The number of hydrogen-bond acceptors (Lipinski definition) is 4. The van der Waals surface area contributed by atoms with Crippen molar-refractivity contribution in [3.8, 4) is 51.6 Å². The minimum Gasteiger partial charge on any atom is -0.309 e. The molecule has 0 saturated carbocycles. The summed E-state index contributed by atoms with van der Waals surface area (Å²) >= 11 is 0. The lowest BCUT2D eigenvalue weighted by atomic mass is 10.0. The van der Waals surface area contributed by atoms with Crippen LogP contribution in [0.25, 0.3) is 89.2 Å². The summed E-state index contributed by atoms with van der Waals surface area (Å²) in [5, 5.41) is 14.4. The van der Waals surface area contributed by atoms with Crippen LogP contribution in [-0.2, 0) is 0 Å². The zero-order valence-corrected chi connectivity index (χ0v) is 27.8. The van der Waals surface area contributed by atoms with Crippen LogP contribution >= 0.6 is 0 Å². The second-order valence-corrected chi connectivity index (χ2v) is 12.8. The van der Waals surface area contributed by atoms with Gasteiger partial charge in [0, 0.05) is 38.4 Å². The molecule has 7 aromatic carbocycles. The molecule has 0 aliphatic heterocycles. The first kappa shape index (κ1) is 29.5. The average Bonchev–Trinajstić information content (AvgIpc) is 3.73. The number of nitriles is 1. The Balaban J connectivity index is 1.21. The van der Waals surface area contributed by atoms with Crippen LogP contribution in [0.3, 0.4) is 0 Å². The third-order valence-corrected chi connectivity index (χ3v) is 9.80. The molecule has 0 unspecified atom stereocenters. The molecular formula is C46H28N6. The van der Waals surface area contributed by atoms with Gasteiger partial charge in [0.1, 0.15) is 0 Å². The Bertz CT molecular complexity index is 2950. The maximum atomic E-state index is 9.95. The van der Waals surface area contributed by atoms with Gasteiger partial charge < -0.3 is 4.57 Å². The number of benzene rings is 7. The molecule has 3 aromatic heterocycles. The Hall–Kier alpha value is -7.36. The van der Waals surface area contributed by atoms with Crippen LogP contribution in [0, 0.1) is 11.3 Å². The predicted molar refractivity (Wildman–Crippen MR) is 210 cm³/mol. The van der Waals surface area contributed by atoms with E-state index in [1.807, 2.05) is 78.9 Å². The molecule has 10 aromatic rings. The highest BCUT2D eigenvalue weighted by molar-refractivity contribution is 6.12. The van der Waals surface area contributed by atoms with E-state index in [4.69, 9.17) is 15.0 Å². The summed E-state index contributed by atoms with van der Waals surface area (Å²) in [4.78, 5) is 15.0. The fourth-order valence-corrected chi connectivity index (χ4v) is 7.39. The summed E-state index contributed by atoms with van der Waals surface area (Å²) in [6.07, 6.45) is 0. The lowest BCUT2D eigenvalue weighted by molar-refractivity contribution is 0.953. The van der Waals surface area contributed by atoms with Gasteiger partial charge >= 0.3 is 0 Å². The summed E-state index contributed by atoms with van der Waals surface area (Å²) in [6.45, 7) is 0. The summed E-state index contributed by atoms with van der Waals surface area (Å²) in [5.74, 6) is 1.65. The average molecular weight is 665 g/mol. The molecule has 6 heteroatoms. The van der Waals surface area contributed by atoms with E-state index >= 15 is 0 Å². The molecule has 0 radical (unpaired) electrons. The van der Waals surface area contributed by atoms with E-state index in [-0.39, 0.29) is 0 Å². The van der Waals surface area contributed by atoms with Gasteiger partial charge in [-0.25, -0.2) is 4.98 Å². The molecule has 242 valence electrons. The van der Waals surface area contributed by atoms with E-state index in [9.17, 15) is 5.26 Å². The molecule has 0 atom stereocenters. The maximum Gasteiger partial charge on any atom is 0.238 e. The van der Waals surface area contributed by atoms with Gasteiger partial charge in [-0.3, -0.25) is 4.57 Å². The molecule has 52 heavy (non-hydrogen) atoms. The van der Waals surface area contributed by atoms with E-state index in [0.717, 1.165) is 55.3 Å². The van der Waals surface area contributed by atoms with Gasteiger partial charge in [0.05, 0.1) is 33.7 Å². The molecule has 0 N–H and O–H groups in total. The fraction of sp³-hybridized carbons (Fsp3) is 0. The zero-order valence-electron chi connectivity index (χ0n) is 27.8. The van der Waals surface area contributed by atoms with Crippen LogP contribution in [0.1, 0.15) is 5.56 Å². The number of aromatic nitrogens is 5. The van der Waals surface area contributed by atoms with Crippen LogP contribution in [0.2, 0.25) is 0 Å². The number of rotatable bonds is 5. The minimum absolute atomic E-state index is 0.490. The number of hydrogen-bond donors (Lipinski definition) is 0. The Kier molecular flexibility index (Phi) is 6.76. The fourth-order valence-electron chi connectivity index (χ4n) is 7.39. The second-order valence-electron chi connectivity index (χ2n) is 12.8. The molecular weight excluding hydrogens is 637 g/mol. The van der Waals surface area contributed by atoms with Crippen molar-refractivity contribution in [2.75, 3.05) is 0 Å². The molecule has 3 heterocycles. The first-order valence-corrected chi connectivity index (χ1v) is 17.2. The van der Waals surface area contributed by atoms with Crippen molar-refractivity contribution in [1.29, 1.82) is 5.26 Å². The minimum atomic E-state index is 0.490. The van der Waals surface area contributed by atoms with Gasteiger partial charge in [-0.2, -0.15) is 15.2 Å². The first-order valence-electron chi connectivity index (χ1n) is 17.2. The van der Waals surface area contributed by atoms with Gasteiger partial charge in [-0.1, -0.05) is 121 Å². The Morgan fingerprint density at radius 2 is 0.923 bits per heavy atom. The quantitative estimate of drug-likeness (QED) is 0.184. The number of nitrogens with zero attached hydrogens (tertiary/aromatic N) is 6. The van der Waals surface area contributed by atoms with Gasteiger partial charge in [0.2, 0.25) is 5.95 Å². The highest BCUT2D eigenvalue weighted by Gasteiger charge is 2.20. The van der Waals surface area contributed by atoms with Gasteiger partial charge in [-0.05, 0) is 59.7 Å². The molecule has 0 aliphatic carbocycles. The lowest BCUT2D eigenvalue weighted by Crippen LogP contribution is -2.06. The largest absolute Gasteiger partial charge is 0.309 e. The van der Waals surface area contributed by atoms with Crippen molar-refractivity contribution < 1.29 is 0 Å². The Labute approximate surface area is 299 Å². The maximum absolute atomic E-state index is 9.95. The molecule has 0 aliphatic rings. The van der Waals surface area contributed by atoms with E-state index in [0.29, 0.717) is 23.2 Å². The van der Waals surface area contributed by atoms with E-state index in [1.165, 1.54) is 16.3 Å². The molecule has 0 bridgehead atoms. The summed E-state index contributed by atoms with van der Waals surface area (Å²) in [7, 11) is 0. The van der Waals surface area contributed by atoms with Gasteiger partial charge in [-0.15, -0.1) is 0 Å². The predicted octanol–water partition coefficient (Wildman–Crippen LogP) is 10.9. The standard InChI is InChI=1S/C46H28N6/c47-29-30-20-23-38-39-27-33(34-21-24-37-36-18-10-11-19-40(36)51(43(37)28-34)35-16-8-3-9-17-35)22-25-41(39)52(42(38)26-30)46-49-44(31-12-4-1-5-13-31)48-45(50-46)32-14-6-2-7-15-32/h1-28H. The third-order valence-electron chi connectivity index (χ3n) is 9.80.